The van der Waals surface area contributed by atoms with Crippen LogP contribution in [0.3, 0.4) is 0 Å². The van der Waals surface area contributed by atoms with Crippen LogP contribution < -0.4 is 15.4 Å². The van der Waals surface area contributed by atoms with E-state index < -0.39 is 10.0 Å². The number of hydrogen-bond acceptors (Lipinski definition) is 4. The van der Waals surface area contributed by atoms with Crippen LogP contribution >= 0.6 is 11.8 Å². The van der Waals surface area contributed by atoms with Crippen LogP contribution in [0.2, 0.25) is 0 Å². The van der Waals surface area contributed by atoms with Crippen molar-refractivity contribution in [1.82, 2.24) is 15.4 Å². The molecule has 0 aromatic heterocycles. The molecule has 1 aromatic rings. The first-order chi connectivity index (χ1) is 11.5. The van der Waals surface area contributed by atoms with Gasteiger partial charge in [-0.2, -0.15) is 0 Å². The molecule has 8 heteroatoms. The number of guanidine groups is 1. The number of nitrogens with one attached hydrogen (secondary N) is 3. The molecule has 1 atom stereocenters. The Morgan fingerprint density at radius 1 is 1.21 bits per heavy atom. The fourth-order valence-electron chi connectivity index (χ4n) is 1.86. The zero-order chi connectivity index (χ0) is 17.8. The highest BCUT2D eigenvalue weighted by Crippen LogP contribution is 2.21. The number of thioether (sulfide) groups is 1. The highest BCUT2D eigenvalue weighted by molar-refractivity contribution is 8.00. The Balaban J connectivity index is 2.20. The molecular formula is C16H28N4O2S2. The molecule has 0 heterocycles. The molecule has 1 aromatic carbocycles. The molecule has 3 N–H and O–H groups in total. The Bertz CT molecular complexity index is 591. The minimum absolute atomic E-state index is 0.112. The normalized spacial score (nSPS) is 13.5. The van der Waals surface area contributed by atoms with Gasteiger partial charge in [-0.1, -0.05) is 25.1 Å². The van der Waals surface area contributed by atoms with Crippen LogP contribution in [0.25, 0.3) is 0 Å². The number of nitrogens with zero attached hydrogens (tertiary/aromatic N) is 1. The van der Waals surface area contributed by atoms with Crippen molar-refractivity contribution in [3.63, 3.8) is 0 Å². The summed E-state index contributed by atoms with van der Waals surface area (Å²) in [5.41, 5.74) is 0. The maximum Gasteiger partial charge on any atom is 0.211 e. The van der Waals surface area contributed by atoms with Crippen LogP contribution in [0.5, 0.6) is 0 Å². The molecule has 6 nitrogen and oxygen atoms in total. The van der Waals surface area contributed by atoms with E-state index in [2.05, 4.69) is 39.4 Å². The second-order valence-corrected chi connectivity index (χ2v) is 8.88. The second-order valence-electron chi connectivity index (χ2n) is 5.27. The summed E-state index contributed by atoms with van der Waals surface area (Å²) in [7, 11) is -1.38. The molecule has 0 fully saturated rings. The number of sulfonamides is 1. The lowest BCUT2D eigenvalue weighted by Crippen LogP contribution is -2.41. The molecule has 0 aliphatic heterocycles. The van der Waals surface area contributed by atoms with E-state index in [4.69, 9.17) is 0 Å². The molecule has 136 valence electrons. The molecule has 1 rings (SSSR count). The van der Waals surface area contributed by atoms with Crippen LogP contribution in [-0.4, -0.2) is 52.1 Å². The number of rotatable bonds is 10. The van der Waals surface area contributed by atoms with Gasteiger partial charge in [-0.05, 0) is 25.5 Å². The average molecular weight is 373 g/mol. The van der Waals surface area contributed by atoms with Crippen molar-refractivity contribution in [3.8, 4) is 0 Å². The Labute approximate surface area is 150 Å². The van der Waals surface area contributed by atoms with Gasteiger partial charge in [-0.25, -0.2) is 13.1 Å². The summed E-state index contributed by atoms with van der Waals surface area (Å²) in [5.74, 6) is 0.842. The maximum absolute atomic E-state index is 11.3. The van der Waals surface area contributed by atoms with Gasteiger partial charge in [0.2, 0.25) is 10.0 Å². The highest BCUT2D eigenvalue weighted by Gasteiger charge is 2.06. The molecule has 0 spiro atoms. The van der Waals surface area contributed by atoms with E-state index >= 15 is 0 Å². The predicted molar refractivity (Wildman–Crippen MR) is 103 cm³/mol. The van der Waals surface area contributed by atoms with Crippen molar-refractivity contribution < 1.29 is 8.42 Å². The molecular weight excluding hydrogens is 344 g/mol. The molecule has 0 bridgehead atoms. The van der Waals surface area contributed by atoms with Crippen LogP contribution in [-0.2, 0) is 10.0 Å². The lowest BCUT2D eigenvalue weighted by Gasteiger charge is -2.16. The minimum Gasteiger partial charge on any atom is -0.356 e. The number of aliphatic imine (C=N–C) groups is 1. The lowest BCUT2D eigenvalue weighted by molar-refractivity contribution is 0.579. The molecule has 0 amide bonds. The van der Waals surface area contributed by atoms with Crippen LogP contribution in [0.15, 0.2) is 40.2 Å². The number of benzene rings is 1. The zero-order valence-electron chi connectivity index (χ0n) is 14.6. The van der Waals surface area contributed by atoms with Gasteiger partial charge >= 0.3 is 0 Å². The lowest BCUT2D eigenvalue weighted by atomic mass is 10.4. The first-order valence-corrected chi connectivity index (χ1v) is 10.6. The standard InChI is InChI=1S/C16H28N4O2S2/c1-4-24(21,22)20-12-8-11-18-16(17-3)19-13-14(2)23-15-9-6-5-7-10-15/h5-7,9-10,14,20H,4,8,11-13H2,1-3H3,(H2,17,18,19). The summed E-state index contributed by atoms with van der Waals surface area (Å²) < 4.78 is 25.2. The number of hydrogen-bond donors (Lipinski definition) is 3. The second kappa shape index (κ2) is 11.3. The topological polar surface area (TPSA) is 82.6 Å². The summed E-state index contributed by atoms with van der Waals surface area (Å²) in [5, 5.41) is 6.88. The SMILES string of the molecule is CCS(=O)(=O)NCCCNC(=NC)NCC(C)Sc1ccccc1. The molecule has 0 aliphatic carbocycles. The highest BCUT2D eigenvalue weighted by atomic mass is 32.2. The average Bonchev–Trinajstić information content (AvgIpc) is 2.58. The van der Waals surface area contributed by atoms with Crippen molar-refractivity contribution in [2.75, 3.05) is 32.4 Å². The summed E-state index contributed by atoms with van der Waals surface area (Å²) in [6.07, 6.45) is 0.703. The van der Waals surface area contributed by atoms with Gasteiger partial charge in [0.05, 0.1) is 5.75 Å². The molecule has 0 saturated heterocycles. The fourth-order valence-corrected chi connectivity index (χ4v) is 3.46. The van der Waals surface area contributed by atoms with Crippen LogP contribution in [0.1, 0.15) is 20.3 Å². The smallest absolute Gasteiger partial charge is 0.211 e. The Hall–Kier alpha value is -1.25. The largest absolute Gasteiger partial charge is 0.356 e. The Kier molecular flexibility index (Phi) is 9.82. The molecule has 0 saturated carbocycles. The van der Waals surface area contributed by atoms with Crippen molar-refractivity contribution in [2.45, 2.75) is 30.4 Å². The van der Waals surface area contributed by atoms with Gasteiger partial charge in [0, 0.05) is 36.8 Å². The van der Waals surface area contributed by atoms with Gasteiger partial charge in [0.25, 0.3) is 0 Å². The van der Waals surface area contributed by atoms with E-state index in [0.29, 0.717) is 24.8 Å². The summed E-state index contributed by atoms with van der Waals surface area (Å²) in [6.45, 7) is 5.67. The summed E-state index contributed by atoms with van der Waals surface area (Å²) in [4.78, 5) is 5.42. The first kappa shape index (κ1) is 20.8. The van der Waals surface area contributed by atoms with E-state index in [-0.39, 0.29) is 5.75 Å². The third-order valence-electron chi connectivity index (χ3n) is 3.21. The molecule has 24 heavy (non-hydrogen) atoms. The summed E-state index contributed by atoms with van der Waals surface area (Å²) >= 11 is 1.81. The Morgan fingerprint density at radius 3 is 2.54 bits per heavy atom. The van der Waals surface area contributed by atoms with Crippen LogP contribution in [0, 0.1) is 0 Å². The van der Waals surface area contributed by atoms with Crippen LogP contribution in [0.4, 0.5) is 0 Å². The van der Waals surface area contributed by atoms with E-state index in [1.165, 1.54) is 4.90 Å². The monoisotopic (exact) mass is 372 g/mol. The van der Waals surface area contributed by atoms with Crippen molar-refractivity contribution in [2.24, 2.45) is 4.99 Å². The van der Waals surface area contributed by atoms with E-state index in [1.54, 1.807) is 14.0 Å². The third kappa shape index (κ3) is 9.14. The Morgan fingerprint density at radius 2 is 1.92 bits per heavy atom. The van der Waals surface area contributed by atoms with E-state index in [0.717, 1.165) is 12.5 Å². The summed E-state index contributed by atoms with van der Waals surface area (Å²) in [6, 6.07) is 10.3. The molecule has 0 radical (unpaired) electrons. The van der Waals surface area contributed by atoms with E-state index in [9.17, 15) is 8.42 Å². The quantitative estimate of drug-likeness (QED) is 0.252. The van der Waals surface area contributed by atoms with E-state index in [1.807, 2.05) is 30.0 Å². The first-order valence-electron chi connectivity index (χ1n) is 8.10. The van der Waals surface area contributed by atoms with Gasteiger partial charge in [0.15, 0.2) is 5.96 Å². The van der Waals surface area contributed by atoms with Gasteiger partial charge in [-0.3, -0.25) is 4.99 Å². The zero-order valence-corrected chi connectivity index (χ0v) is 16.2. The molecule has 1 unspecified atom stereocenters. The minimum atomic E-state index is -3.10. The van der Waals surface area contributed by atoms with Crippen molar-refractivity contribution >= 4 is 27.7 Å². The fraction of sp³-hybridized carbons (Fsp3) is 0.562. The van der Waals surface area contributed by atoms with Gasteiger partial charge in [0.1, 0.15) is 0 Å². The van der Waals surface area contributed by atoms with Gasteiger partial charge in [-0.15, -0.1) is 11.8 Å². The predicted octanol–water partition coefficient (Wildman–Crippen LogP) is 1.66. The van der Waals surface area contributed by atoms with Crippen molar-refractivity contribution in [3.05, 3.63) is 30.3 Å². The maximum atomic E-state index is 11.3. The van der Waals surface area contributed by atoms with Gasteiger partial charge < -0.3 is 10.6 Å². The molecule has 0 aliphatic rings. The van der Waals surface area contributed by atoms with Crippen molar-refractivity contribution in [1.29, 1.82) is 0 Å². The third-order valence-corrected chi connectivity index (χ3v) is 5.73.